The van der Waals surface area contributed by atoms with E-state index in [9.17, 15) is 4.79 Å². The molecular formula is C10H11BrO3. The third-order valence-corrected chi connectivity index (χ3v) is 2.54. The molecule has 0 saturated carbocycles. The second-order valence-electron chi connectivity index (χ2n) is 2.69. The molecule has 1 unspecified atom stereocenters. The van der Waals surface area contributed by atoms with Gasteiger partial charge >= 0.3 is 0 Å². The highest BCUT2D eigenvalue weighted by atomic mass is 79.9. The Labute approximate surface area is 91.1 Å². The van der Waals surface area contributed by atoms with Crippen molar-refractivity contribution in [1.82, 2.24) is 0 Å². The number of ether oxygens (including phenoxy) is 2. The minimum absolute atomic E-state index is 0.531. The molecule has 14 heavy (non-hydrogen) atoms. The summed E-state index contributed by atoms with van der Waals surface area (Å²) < 4.78 is 10.9. The van der Waals surface area contributed by atoms with Crippen LogP contribution >= 0.6 is 15.9 Å². The first kappa shape index (κ1) is 11.2. The van der Waals surface area contributed by atoms with Gasteiger partial charge in [0, 0.05) is 7.11 Å². The van der Waals surface area contributed by atoms with Gasteiger partial charge in [-0.2, -0.15) is 0 Å². The van der Waals surface area contributed by atoms with Crippen LogP contribution in [-0.4, -0.2) is 20.5 Å². The van der Waals surface area contributed by atoms with E-state index in [4.69, 9.17) is 9.47 Å². The third-order valence-electron chi connectivity index (χ3n) is 1.88. The Hall–Kier alpha value is -0.870. The van der Waals surface area contributed by atoms with Crippen molar-refractivity contribution in [3.05, 3.63) is 28.2 Å². The van der Waals surface area contributed by atoms with Crippen LogP contribution in [0.4, 0.5) is 0 Å². The number of rotatable bonds is 4. The Bertz CT molecular complexity index is 325. The van der Waals surface area contributed by atoms with Crippen molar-refractivity contribution in [1.29, 1.82) is 0 Å². The van der Waals surface area contributed by atoms with Crippen LogP contribution in [0.3, 0.4) is 0 Å². The zero-order valence-corrected chi connectivity index (χ0v) is 9.58. The van der Waals surface area contributed by atoms with E-state index in [2.05, 4.69) is 15.9 Å². The number of methoxy groups -OCH3 is 2. The smallest absolute Gasteiger partial charge is 0.153 e. The quantitative estimate of drug-likeness (QED) is 0.778. The van der Waals surface area contributed by atoms with Gasteiger partial charge in [0.25, 0.3) is 0 Å². The number of hydrogen-bond donors (Lipinski definition) is 0. The number of carbonyl (C=O) groups excluding carboxylic acids is 1. The lowest BCUT2D eigenvalue weighted by Gasteiger charge is -2.10. The Kier molecular flexibility index (Phi) is 4.10. The summed E-state index contributed by atoms with van der Waals surface area (Å²) >= 11 is 3.33. The maximum absolute atomic E-state index is 10.6. The molecule has 3 nitrogen and oxygen atoms in total. The van der Waals surface area contributed by atoms with E-state index in [1.54, 1.807) is 13.2 Å². The number of benzene rings is 1. The van der Waals surface area contributed by atoms with Gasteiger partial charge in [-0.3, -0.25) is 0 Å². The molecule has 0 aromatic heterocycles. The van der Waals surface area contributed by atoms with E-state index in [0.717, 1.165) is 16.3 Å². The average molecular weight is 259 g/mol. The fourth-order valence-corrected chi connectivity index (χ4v) is 1.53. The predicted molar refractivity (Wildman–Crippen MR) is 56.5 cm³/mol. The van der Waals surface area contributed by atoms with Gasteiger partial charge in [-0.15, -0.1) is 0 Å². The minimum atomic E-state index is -0.531. The predicted octanol–water partition coefficient (Wildman–Crippen LogP) is 2.34. The number of carbonyl (C=O) groups is 1. The van der Waals surface area contributed by atoms with E-state index in [1.807, 2.05) is 12.1 Å². The maximum atomic E-state index is 10.6. The van der Waals surface area contributed by atoms with Gasteiger partial charge in [-0.1, -0.05) is 6.07 Å². The Morgan fingerprint density at radius 2 is 2.14 bits per heavy atom. The summed E-state index contributed by atoms with van der Waals surface area (Å²) in [6.07, 6.45) is 0.222. The Morgan fingerprint density at radius 1 is 1.43 bits per heavy atom. The van der Waals surface area contributed by atoms with E-state index in [1.165, 1.54) is 7.11 Å². The summed E-state index contributed by atoms with van der Waals surface area (Å²) in [6.45, 7) is 0. The second-order valence-corrected chi connectivity index (χ2v) is 3.54. The molecule has 0 amide bonds. The fraction of sp³-hybridized carbons (Fsp3) is 0.300. The van der Waals surface area contributed by atoms with Crippen LogP contribution < -0.4 is 4.74 Å². The van der Waals surface area contributed by atoms with Crippen molar-refractivity contribution >= 4 is 22.2 Å². The van der Waals surface area contributed by atoms with Crippen molar-refractivity contribution < 1.29 is 14.3 Å². The van der Waals surface area contributed by atoms with Crippen LogP contribution in [-0.2, 0) is 9.53 Å². The molecule has 1 rings (SSSR count). The van der Waals surface area contributed by atoms with Crippen LogP contribution in [0.25, 0.3) is 0 Å². The molecule has 1 aromatic carbocycles. The molecule has 0 N–H and O–H groups in total. The first-order chi connectivity index (χ1) is 6.72. The average Bonchev–Trinajstić information content (AvgIpc) is 2.22. The van der Waals surface area contributed by atoms with Crippen molar-refractivity contribution in [2.24, 2.45) is 0 Å². The van der Waals surface area contributed by atoms with Crippen molar-refractivity contribution in [3.63, 3.8) is 0 Å². The van der Waals surface area contributed by atoms with E-state index < -0.39 is 6.10 Å². The summed E-state index contributed by atoms with van der Waals surface area (Å²) in [5.41, 5.74) is 0.780. The largest absolute Gasteiger partial charge is 0.496 e. The maximum Gasteiger partial charge on any atom is 0.153 e. The lowest BCUT2D eigenvalue weighted by atomic mass is 10.1. The van der Waals surface area contributed by atoms with Crippen molar-refractivity contribution in [3.8, 4) is 5.75 Å². The molecule has 0 aliphatic carbocycles. The minimum Gasteiger partial charge on any atom is -0.496 e. The molecule has 1 aromatic rings. The molecular weight excluding hydrogens is 248 g/mol. The third kappa shape index (κ3) is 2.33. The number of hydrogen-bond acceptors (Lipinski definition) is 3. The molecule has 0 spiro atoms. The van der Waals surface area contributed by atoms with Gasteiger partial charge in [0.05, 0.1) is 11.6 Å². The molecule has 4 heteroatoms. The highest BCUT2D eigenvalue weighted by Gasteiger charge is 2.10. The van der Waals surface area contributed by atoms with Gasteiger partial charge in [0.1, 0.15) is 11.9 Å². The number of halogens is 1. The number of aldehydes is 1. The second kappa shape index (κ2) is 5.12. The zero-order chi connectivity index (χ0) is 10.6. The lowest BCUT2D eigenvalue weighted by Crippen LogP contribution is -2.02. The first-order valence-corrected chi connectivity index (χ1v) is 4.83. The summed E-state index contributed by atoms with van der Waals surface area (Å²) in [5.74, 6) is 0.686. The van der Waals surface area contributed by atoms with Crippen molar-refractivity contribution in [2.45, 2.75) is 6.10 Å². The normalized spacial score (nSPS) is 12.2. The Morgan fingerprint density at radius 3 is 2.64 bits per heavy atom. The zero-order valence-electron chi connectivity index (χ0n) is 7.99. The molecule has 0 fully saturated rings. The lowest BCUT2D eigenvalue weighted by molar-refractivity contribution is -0.116. The standard InChI is InChI=1S/C10H11BrO3/c1-13-9-5-7(3-4-8(9)11)10(6-12)14-2/h3-6,10H,1-2H3. The SMILES string of the molecule is COc1cc(C(C=O)OC)ccc1Br. The molecule has 0 aliphatic heterocycles. The molecule has 0 saturated heterocycles. The van der Waals surface area contributed by atoms with Gasteiger partial charge in [0.2, 0.25) is 0 Å². The van der Waals surface area contributed by atoms with E-state index in [0.29, 0.717) is 5.75 Å². The van der Waals surface area contributed by atoms with Crippen LogP contribution in [0.5, 0.6) is 5.75 Å². The van der Waals surface area contributed by atoms with E-state index >= 15 is 0 Å². The van der Waals surface area contributed by atoms with Gasteiger partial charge in [0.15, 0.2) is 6.29 Å². The van der Waals surface area contributed by atoms with Crippen LogP contribution in [0.15, 0.2) is 22.7 Å². The van der Waals surface area contributed by atoms with Gasteiger partial charge in [-0.25, -0.2) is 0 Å². The molecule has 76 valence electrons. The van der Waals surface area contributed by atoms with Gasteiger partial charge < -0.3 is 14.3 Å². The van der Waals surface area contributed by atoms with E-state index in [-0.39, 0.29) is 0 Å². The summed E-state index contributed by atoms with van der Waals surface area (Å²) in [4.78, 5) is 10.6. The highest BCUT2D eigenvalue weighted by Crippen LogP contribution is 2.28. The monoisotopic (exact) mass is 258 g/mol. The summed E-state index contributed by atoms with van der Waals surface area (Å²) in [6, 6.07) is 5.41. The topological polar surface area (TPSA) is 35.5 Å². The molecule has 1 atom stereocenters. The molecule has 0 bridgehead atoms. The van der Waals surface area contributed by atoms with Crippen LogP contribution in [0.1, 0.15) is 11.7 Å². The molecule has 0 radical (unpaired) electrons. The van der Waals surface area contributed by atoms with Crippen LogP contribution in [0.2, 0.25) is 0 Å². The highest BCUT2D eigenvalue weighted by molar-refractivity contribution is 9.10. The van der Waals surface area contributed by atoms with Crippen LogP contribution in [0, 0.1) is 0 Å². The summed E-state index contributed by atoms with van der Waals surface area (Å²) in [5, 5.41) is 0. The molecule has 0 aliphatic rings. The van der Waals surface area contributed by atoms with Crippen molar-refractivity contribution in [2.75, 3.05) is 14.2 Å². The summed E-state index contributed by atoms with van der Waals surface area (Å²) in [7, 11) is 3.07. The first-order valence-electron chi connectivity index (χ1n) is 4.04. The fourth-order valence-electron chi connectivity index (χ4n) is 1.12. The van der Waals surface area contributed by atoms with Gasteiger partial charge in [-0.05, 0) is 33.6 Å². The molecule has 0 heterocycles. The Balaban J connectivity index is 3.04.